The van der Waals surface area contributed by atoms with Crippen LogP contribution in [-0.4, -0.2) is 5.16 Å². The van der Waals surface area contributed by atoms with Crippen molar-refractivity contribution >= 4 is 17.4 Å². The summed E-state index contributed by atoms with van der Waals surface area (Å²) < 4.78 is 42.3. The van der Waals surface area contributed by atoms with Crippen LogP contribution in [0.2, 0.25) is 5.02 Å². The first-order valence-corrected chi connectivity index (χ1v) is 4.85. The minimum Gasteiger partial charge on any atom is -0.381 e. The maximum atomic E-state index is 12.5. The van der Waals surface area contributed by atoms with Gasteiger partial charge in [-0.1, -0.05) is 16.8 Å². The van der Waals surface area contributed by atoms with Crippen LogP contribution in [0.25, 0.3) is 11.3 Å². The Hall–Kier alpha value is -1.69. The minimum atomic E-state index is -4.44. The smallest absolute Gasteiger partial charge is 0.381 e. The summed E-state index contributed by atoms with van der Waals surface area (Å²) in [5.41, 5.74) is 4.61. The van der Waals surface area contributed by atoms with E-state index in [1.807, 2.05) is 0 Å². The molecule has 1 heterocycles. The van der Waals surface area contributed by atoms with E-state index in [1.165, 1.54) is 6.07 Å². The number of nitrogens with zero attached hydrogens (tertiary/aromatic N) is 1. The predicted molar refractivity (Wildman–Crippen MR) is 56.4 cm³/mol. The van der Waals surface area contributed by atoms with E-state index in [0.29, 0.717) is 0 Å². The van der Waals surface area contributed by atoms with Crippen molar-refractivity contribution in [3.8, 4) is 11.3 Å². The topological polar surface area (TPSA) is 52.0 Å². The highest BCUT2D eigenvalue weighted by molar-refractivity contribution is 6.33. The molecule has 0 spiro atoms. The van der Waals surface area contributed by atoms with Crippen molar-refractivity contribution in [2.75, 3.05) is 5.73 Å². The van der Waals surface area contributed by atoms with E-state index >= 15 is 0 Å². The molecule has 0 amide bonds. The Kier molecular flexibility index (Phi) is 2.74. The van der Waals surface area contributed by atoms with Crippen LogP contribution in [-0.2, 0) is 6.18 Å². The summed E-state index contributed by atoms with van der Waals surface area (Å²) in [5, 5.41) is 3.52. The predicted octanol–water partition coefficient (Wildman–Crippen LogP) is 3.60. The number of aromatic nitrogens is 1. The van der Waals surface area contributed by atoms with Gasteiger partial charge in [-0.05, 0) is 18.2 Å². The van der Waals surface area contributed by atoms with Gasteiger partial charge in [-0.3, -0.25) is 0 Å². The molecule has 0 fully saturated rings. The summed E-state index contributed by atoms with van der Waals surface area (Å²) >= 11 is 5.79. The number of hydrogen-bond acceptors (Lipinski definition) is 3. The van der Waals surface area contributed by atoms with Crippen LogP contribution < -0.4 is 5.73 Å². The standard InChI is InChI=1S/C10H6ClF3N2O/c11-7-2-1-5(10(12,13)14)3-6(7)8-4-9(15)16-17-8/h1-4H,(H2,15,16). The number of rotatable bonds is 1. The lowest BCUT2D eigenvalue weighted by Gasteiger charge is -2.08. The van der Waals surface area contributed by atoms with E-state index in [1.54, 1.807) is 0 Å². The number of halogens is 4. The lowest BCUT2D eigenvalue weighted by atomic mass is 10.1. The van der Waals surface area contributed by atoms with Gasteiger partial charge >= 0.3 is 6.18 Å². The molecule has 0 atom stereocenters. The summed E-state index contributed by atoms with van der Waals surface area (Å²) in [4.78, 5) is 0. The number of nitrogen functional groups attached to an aromatic ring is 1. The first-order valence-electron chi connectivity index (χ1n) is 4.47. The third-order valence-electron chi connectivity index (χ3n) is 2.09. The fourth-order valence-electron chi connectivity index (χ4n) is 1.31. The summed E-state index contributed by atoms with van der Waals surface area (Å²) in [5.74, 6) is 0.173. The molecule has 0 unspecified atom stereocenters. The van der Waals surface area contributed by atoms with Crippen LogP contribution in [0.15, 0.2) is 28.8 Å². The van der Waals surface area contributed by atoms with Crippen molar-refractivity contribution in [2.45, 2.75) is 6.18 Å². The molecule has 90 valence electrons. The van der Waals surface area contributed by atoms with Crippen molar-refractivity contribution in [1.29, 1.82) is 0 Å². The van der Waals surface area contributed by atoms with Gasteiger partial charge in [-0.15, -0.1) is 0 Å². The van der Waals surface area contributed by atoms with Crippen LogP contribution >= 0.6 is 11.6 Å². The van der Waals surface area contributed by atoms with E-state index in [9.17, 15) is 13.2 Å². The molecule has 2 aromatic rings. The number of alkyl halides is 3. The van der Waals surface area contributed by atoms with Crippen molar-refractivity contribution in [3.05, 3.63) is 34.9 Å². The first-order chi connectivity index (χ1) is 7.88. The van der Waals surface area contributed by atoms with E-state index < -0.39 is 11.7 Å². The second kappa shape index (κ2) is 3.96. The van der Waals surface area contributed by atoms with Gasteiger partial charge in [0, 0.05) is 11.6 Å². The number of anilines is 1. The van der Waals surface area contributed by atoms with Crippen molar-refractivity contribution < 1.29 is 17.7 Å². The third-order valence-corrected chi connectivity index (χ3v) is 2.42. The quantitative estimate of drug-likeness (QED) is 0.854. The Balaban J connectivity index is 2.54. The van der Waals surface area contributed by atoms with Crippen LogP contribution in [0, 0.1) is 0 Å². The Morgan fingerprint density at radius 2 is 1.94 bits per heavy atom. The summed E-state index contributed by atoms with van der Waals surface area (Å²) in [6, 6.07) is 4.24. The Labute approximate surface area is 99.0 Å². The molecule has 0 aliphatic carbocycles. The highest BCUT2D eigenvalue weighted by Gasteiger charge is 2.31. The van der Waals surface area contributed by atoms with Crippen molar-refractivity contribution in [1.82, 2.24) is 5.16 Å². The van der Waals surface area contributed by atoms with E-state index in [-0.39, 0.29) is 22.2 Å². The largest absolute Gasteiger partial charge is 0.416 e. The van der Waals surface area contributed by atoms with Crippen LogP contribution in [0.1, 0.15) is 5.56 Å². The SMILES string of the molecule is Nc1cc(-c2cc(C(F)(F)F)ccc2Cl)on1. The maximum Gasteiger partial charge on any atom is 0.416 e. The average Bonchev–Trinajstić information content (AvgIpc) is 2.63. The molecule has 3 nitrogen and oxygen atoms in total. The van der Waals surface area contributed by atoms with Crippen molar-refractivity contribution in [2.24, 2.45) is 0 Å². The summed E-state index contributed by atoms with van der Waals surface area (Å²) in [6.07, 6.45) is -4.44. The average molecular weight is 263 g/mol. The zero-order valence-corrected chi connectivity index (χ0v) is 9.01. The van der Waals surface area contributed by atoms with Crippen LogP contribution in [0.5, 0.6) is 0 Å². The Morgan fingerprint density at radius 1 is 1.24 bits per heavy atom. The van der Waals surface area contributed by atoms with Crippen LogP contribution in [0.4, 0.5) is 19.0 Å². The molecule has 1 aromatic carbocycles. The molecule has 0 aliphatic rings. The zero-order valence-electron chi connectivity index (χ0n) is 8.25. The fourth-order valence-corrected chi connectivity index (χ4v) is 1.52. The van der Waals surface area contributed by atoms with Gasteiger partial charge in [0.25, 0.3) is 0 Å². The number of hydrogen-bond donors (Lipinski definition) is 1. The van der Waals surface area contributed by atoms with Crippen molar-refractivity contribution in [3.63, 3.8) is 0 Å². The molecule has 2 N–H and O–H groups in total. The Bertz CT molecular complexity index is 551. The molecule has 7 heteroatoms. The molecular weight excluding hydrogens is 257 g/mol. The molecule has 0 bridgehead atoms. The summed E-state index contributed by atoms with van der Waals surface area (Å²) in [6.45, 7) is 0. The normalized spacial score (nSPS) is 11.8. The van der Waals surface area contributed by atoms with Gasteiger partial charge < -0.3 is 10.3 Å². The molecule has 17 heavy (non-hydrogen) atoms. The highest BCUT2D eigenvalue weighted by atomic mass is 35.5. The van der Waals surface area contributed by atoms with Gasteiger partial charge in [-0.25, -0.2) is 0 Å². The van der Waals surface area contributed by atoms with E-state index in [2.05, 4.69) is 5.16 Å². The molecule has 2 rings (SSSR count). The van der Waals surface area contributed by atoms with Gasteiger partial charge in [0.2, 0.25) is 0 Å². The first kappa shape index (κ1) is 11.8. The van der Waals surface area contributed by atoms with Gasteiger partial charge in [0.15, 0.2) is 11.6 Å². The highest BCUT2D eigenvalue weighted by Crippen LogP contribution is 2.36. The monoisotopic (exact) mass is 262 g/mol. The Morgan fingerprint density at radius 3 is 2.47 bits per heavy atom. The molecular formula is C10H6ClF3N2O. The molecule has 0 saturated carbocycles. The zero-order chi connectivity index (χ0) is 12.6. The number of nitrogens with two attached hydrogens (primary N) is 1. The molecule has 0 radical (unpaired) electrons. The minimum absolute atomic E-state index is 0.0773. The summed E-state index contributed by atoms with van der Waals surface area (Å²) in [7, 11) is 0. The lowest BCUT2D eigenvalue weighted by Crippen LogP contribution is -2.04. The van der Waals surface area contributed by atoms with Gasteiger partial charge in [0.05, 0.1) is 10.6 Å². The second-order valence-corrected chi connectivity index (χ2v) is 3.72. The number of benzene rings is 1. The third kappa shape index (κ3) is 2.36. The van der Waals surface area contributed by atoms with E-state index in [4.69, 9.17) is 21.9 Å². The van der Waals surface area contributed by atoms with E-state index in [0.717, 1.165) is 18.2 Å². The second-order valence-electron chi connectivity index (χ2n) is 3.31. The van der Waals surface area contributed by atoms with Gasteiger partial charge in [-0.2, -0.15) is 13.2 Å². The van der Waals surface area contributed by atoms with Gasteiger partial charge in [0.1, 0.15) is 0 Å². The fraction of sp³-hybridized carbons (Fsp3) is 0.100. The lowest BCUT2D eigenvalue weighted by molar-refractivity contribution is -0.137. The van der Waals surface area contributed by atoms with Crippen LogP contribution in [0.3, 0.4) is 0 Å². The molecule has 0 aliphatic heterocycles. The maximum absolute atomic E-state index is 12.5. The molecule has 1 aromatic heterocycles. The molecule has 0 saturated heterocycles.